The molecule has 3 rings (SSSR count). The largest absolute Gasteiger partial charge is 0.322 e. The quantitative estimate of drug-likeness (QED) is 0.790. The average molecular weight is 378 g/mol. The van der Waals surface area contributed by atoms with Gasteiger partial charge in [-0.15, -0.1) is 0 Å². The number of anilines is 1. The standard InChI is InChI=1S/C19H21Cl2N3O/c1-5-12-16(18(20)21)10(2)13-7-6-8-15(17(12)13)22-19(25)14-9-24(4)23-11(14)3/h6-10,12H,5H2,1-4H3,(H,22,25). The van der Waals surface area contributed by atoms with Crippen LogP contribution in [-0.2, 0) is 7.05 Å². The maximum atomic E-state index is 12.7. The van der Waals surface area contributed by atoms with E-state index in [-0.39, 0.29) is 17.7 Å². The number of aromatic nitrogens is 2. The Morgan fingerprint density at radius 2 is 2.08 bits per heavy atom. The number of benzene rings is 1. The molecule has 2 aromatic rings. The van der Waals surface area contributed by atoms with Gasteiger partial charge in [0.05, 0.1) is 11.3 Å². The number of carbonyl (C=O) groups is 1. The molecule has 0 aliphatic heterocycles. The number of fused-ring (bicyclic) bond motifs is 1. The lowest BCUT2D eigenvalue weighted by Gasteiger charge is -2.16. The van der Waals surface area contributed by atoms with Crippen LogP contribution in [0.15, 0.2) is 34.5 Å². The Balaban J connectivity index is 2.03. The van der Waals surface area contributed by atoms with Crippen LogP contribution in [0.25, 0.3) is 0 Å². The number of hydrogen-bond acceptors (Lipinski definition) is 2. The lowest BCUT2D eigenvalue weighted by molar-refractivity contribution is 0.102. The molecule has 2 unspecified atom stereocenters. The summed E-state index contributed by atoms with van der Waals surface area (Å²) in [5, 5.41) is 7.29. The average Bonchev–Trinajstić information content (AvgIpc) is 3.04. The van der Waals surface area contributed by atoms with Gasteiger partial charge in [-0.3, -0.25) is 9.48 Å². The fourth-order valence-electron chi connectivity index (χ4n) is 3.81. The lowest BCUT2D eigenvalue weighted by atomic mass is 9.93. The normalized spacial score (nSPS) is 19.0. The molecular formula is C19H21Cl2N3O. The Hall–Kier alpha value is -1.78. The molecule has 0 fully saturated rings. The zero-order valence-electron chi connectivity index (χ0n) is 14.7. The summed E-state index contributed by atoms with van der Waals surface area (Å²) in [6, 6.07) is 5.97. The van der Waals surface area contributed by atoms with Gasteiger partial charge < -0.3 is 5.32 Å². The topological polar surface area (TPSA) is 46.9 Å². The predicted molar refractivity (Wildman–Crippen MR) is 103 cm³/mol. The zero-order valence-corrected chi connectivity index (χ0v) is 16.2. The summed E-state index contributed by atoms with van der Waals surface area (Å²) in [5.74, 6) is 0.0966. The first-order valence-corrected chi connectivity index (χ1v) is 9.10. The highest BCUT2D eigenvalue weighted by Crippen LogP contribution is 2.52. The summed E-state index contributed by atoms with van der Waals surface area (Å²) in [4.78, 5) is 12.7. The predicted octanol–water partition coefficient (Wildman–Crippen LogP) is 5.28. The minimum absolute atomic E-state index is 0.112. The molecule has 1 amide bonds. The molecule has 1 aromatic carbocycles. The molecule has 0 saturated heterocycles. The molecule has 0 saturated carbocycles. The number of allylic oxidation sites excluding steroid dienone is 1. The Morgan fingerprint density at radius 3 is 2.64 bits per heavy atom. The highest BCUT2D eigenvalue weighted by atomic mass is 35.5. The van der Waals surface area contributed by atoms with Crippen LogP contribution in [-0.4, -0.2) is 15.7 Å². The monoisotopic (exact) mass is 377 g/mol. The second-order valence-electron chi connectivity index (χ2n) is 6.46. The number of hydrogen-bond donors (Lipinski definition) is 1. The molecule has 1 aromatic heterocycles. The van der Waals surface area contributed by atoms with Gasteiger partial charge in [-0.1, -0.05) is 49.2 Å². The smallest absolute Gasteiger partial charge is 0.259 e. The van der Waals surface area contributed by atoms with Crippen LogP contribution in [0.3, 0.4) is 0 Å². The number of nitrogens with zero attached hydrogens (tertiary/aromatic N) is 2. The first kappa shape index (κ1) is 18.0. The Labute approximate surface area is 157 Å². The van der Waals surface area contributed by atoms with Gasteiger partial charge in [0.1, 0.15) is 4.49 Å². The van der Waals surface area contributed by atoms with Crippen molar-refractivity contribution in [3.8, 4) is 0 Å². The number of aryl methyl sites for hydroxylation is 2. The first-order valence-electron chi connectivity index (χ1n) is 8.34. The highest BCUT2D eigenvalue weighted by Gasteiger charge is 2.36. The van der Waals surface area contributed by atoms with Crippen LogP contribution in [0, 0.1) is 6.92 Å². The summed E-state index contributed by atoms with van der Waals surface area (Å²) >= 11 is 12.3. The number of halogens is 2. The van der Waals surface area contributed by atoms with Crippen LogP contribution < -0.4 is 5.32 Å². The van der Waals surface area contributed by atoms with E-state index < -0.39 is 0 Å². The molecule has 132 valence electrons. The van der Waals surface area contributed by atoms with Gasteiger partial charge in [-0.05, 0) is 36.1 Å². The third-order valence-electron chi connectivity index (χ3n) is 4.93. The van der Waals surface area contributed by atoms with E-state index in [1.165, 1.54) is 5.56 Å². The third-order valence-corrected chi connectivity index (χ3v) is 5.37. The van der Waals surface area contributed by atoms with Crippen molar-refractivity contribution in [2.75, 3.05) is 5.32 Å². The number of nitrogens with one attached hydrogen (secondary N) is 1. The second kappa shape index (κ2) is 6.85. The van der Waals surface area contributed by atoms with Crippen molar-refractivity contribution >= 4 is 34.8 Å². The maximum Gasteiger partial charge on any atom is 0.259 e. The highest BCUT2D eigenvalue weighted by molar-refractivity contribution is 6.56. The maximum absolute atomic E-state index is 12.7. The van der Waals surface area contributed by atoms with Gasteiger partial charge in [0.2, 0.25) is 0 Å². The Kier molecular flexibility index (Phi) is 4.94. The summed E-state index contributed by atoms with van der Waals surface area (Å²) in [7, 11) is 1.80. The van der Waals surface area contributed by atoms with Gasteiger partial charge in [0.25, 0.3) is 5.91 Å². The summed E-state index contributed by atoms with van der Waals surface area (Å²) in [6.45, 7) is 6.04. The molecular weight excluding hydrogens is 357 g/mol. The molecule has 0 radical (unpaired) electrons. The van der Waals surface area contributed by atoms with Gasteiger partial charge in [0.15, 0.2) is 0 Å². The molecule has 1 aliphatic rings. The van der Waals surface area contributed by atoms with E-state index in [0.717, 1.165) is 23.2 Å². The van der Waals surface area contributed by atoms with Gasteiger partial charge in [0, 0.05) is 30.8 Å². The van der Waals surface area contributed by atoms with Crippen molar-refractivity contribution in [1.82, 2.24) is 9.78 Å². The summed E-state index contributed by atoms with van der Waals surface area (Å²) in [5.41, 5.74) is 5.40. The van der Waals surface area contributed by atoms with E-state index in [9.17, 15) is 4.79 Å². The molecule has 4 nitrogen and oxygen atoms in total. The molecule has 1 aliphatic carbocycles. The van der Waals surface area contributed by atoms with Crippen LogP contribution in [0.4, 0.5) is 5.69 Å². The molecule has 0 spiro atoms. The van der Waals surface area contributed by atoms with E-state index in [1.807, 2.05) is 19.1 Å². The van der Waals surface area contributed by atoms with Gasteiger partial charge in [-0.2, -0.15) is 5.10 Å². The lowest BCUT2D eigenvalue weighted by Crippen LogP contribution is -2.14. The van der Waals surface area contributed by atoms with Crippen molar-refractivity contribution in [3.63, 3.8) is 0 Å². The fraction of sp³-hybridized carbons (Fsp3) is 0.368. The number of carbonyl (C=O) groups excluding carboxylic acids is 1. The molecule has 0 bridgehead atoms. The first-order chi connectivity index (χ1) is 11.8. The number of rotatable bonds is 3. The van der Waals surface area contributed by atoms with Crippen LogP contribution in [0.2, 0.25) is 0 Å². The zero-order chi connectivity index (χ0) is 18.3. The van der Waals surface area contributed by atoms with Crippen LogP contribution in [0.5, 0.6) is 0 Å². The molecule has 1 heterocycles. The fourth-order valence-corrected chi connectivity index (χ4v) is 4.41. The van der Waals surface area contributed by atoms with Crippen molar-refractivity contribution in [1.29, 1.82) is 0 Å². The third kappa shape index (κ3) is 3.09. The molecule has 6 heteroatoms. The van der Waals surface area contributed by atoms with E-state index in [2.05, 4.69) is 30.3 Å². The van der Waals surface area contributed by atoms with Crippen molar-refractivity contribution in [2.24, 2.45) is 7.05 Å². The molecule has 2 atom stereocenters. The summed E-state index contributed by atoms with van der Waals surface area (Å²) < 4.78 is 1.97. The molecule has 1 N–H and O–H groups in total. The minimum atomic E-state index is -0.157. The van der Waals surface area contributed by atoms with E-state index in [4.69, 9.17) is 23.2 Å². The minimum Gasteiger partial charge on any atom is -0.322 e. The van der Waals surface area contributed by atoms with Crippen LogP contribution in [0.1, 0.15) is 59.3 Å². The van der Waals surface area contributed by atoms with E-state index in [1.54, 1.807) is 17.9 Å². The van der Waals surface area contributed by atoms with Crippen molar-refractivity contribution in [2.45, 2.75) is 39.0 Å². The SMILES string of the molecule is CCC1C(=C(Cl)Cl)C(C)c2cccc(NC(=O)c3cn(C)nc3C)c21. The van der Waals surface area contributed by atoms with Crippen LogP contribution >= 0.6 is 23.2 Å². The van der Waals surface area contributed by atoms with Gasteiger partial charge in [-0.25, -0.2) is 0 Å². The molecule has 25 heavy (non-hydrogen) atoms. The summed E-state index contributed by atoms with van der Waals surface area (Å²) in [6.07, 6.45) is 2.60. The van der Waals surface area contributed by atoms with E-state index >= 15 is 0 Å². The number of amides is 1. The second-order valence-corrected chi connectivity index (χ2v) is 7.41. The van der Waals surface area contributed by atoms with Crippen molar-refractivity contribution in [3.05, 3.63) is 56.8 Å². The van der Waals surface area contributed by atoms with Crippen molar-refractivity contribution < 1.29 is 4.79 Å². The van der Waals surface area contributed by atoms with E-state index in [0.29, 0.717) is 15.7 Å². The Bertz CT molecular complexity index is 866. The Morgan fingerprint density at radius 1 is 1.36 bits per heavy atom. The van der Waals surface area contributed by atoms with Gasteiger partial charge >= 0.3 is 0 Å².